The lowest BCUT2D eigenvalue weighted by Crippen LogP contribution is -2.25. The average molecular weight is 444 g/mol. The van der Waals surface area contributed by atoms with Gasteiger partial charge in [-0.25, -0.2) is 19.9 Å². The lowest BCUT2D eigenvalue weighted by atomic mass is 10.2. The number of thioether (sulfide) groups is 1. The number of hydrogen-bond acceptors (Lipinski definition) is 7. The Labute approximate surface area is 182 Å². The van der Waals surface area contributed by atoms with Gasteiger partial charge in [0.05, 0.1) is 17.2 Å². The molecule has 4 rings (SSSR count). The van der Waals surface area contributed by atoms with Crippen molar-refractivity contribution in [3.05, 3.63) is 46.2 Å². The second-order valence-corrected chi connectivity index (χ2v) is 8.94. The van der Waals surface area contributed by atoms with Crippen molar-refractivity contribution >= 4 is 51.2 Å². The van der Waals surface area contributed by atoms with Crippen LogP contribution in [0.5, 0.6) is 0 Å². The van der Waals surface area contributed by atoms with E-state index in [-0.39, 0.29) is 5.56 Å². The summed E-state index contributed by atoms with van der Waals surface area (Å²) in [6.07, 6.45) is 4.03. The van der Waals surface area contributed by atoms with Crippen LogP contribution in [0.15, 0.2) is 40.8 Å². The van der Waals surface area contributed by atoms with Crippen LogP contribution in [0.1, 0.15) is 20.3 Å². The van der Waals surface area contributed by atoms with Crippen molar-refractivity contribution in [3.8, 4) is 0 Å². The highest BCUT2D eigenvalue weighted by Gasteiger charge is 2.14. The van der Waals surface area contributed by atoms with Gasteiger partial charge in [-0.2, -0.15) is 0 Å². The molecule has 2 N–H and O–H groups in total. The molecule has 0 aliphatic heterocycles. The Morgan fingerprint density at radius 1 is 1.23 bits per heavy atom. The Bertz CT molecular complexity index is 1270. The number of nitrogens with two attached hydrogens (primary N) is 1. The lowest BCUT2D eigenvalue weighted by Gasteiger charge is -2.15. The van der Waals surface area contributed by atoms with E-state index >= 15 is 0 Å². The Balaban J connectivity index is 1.53. The molecule has 0 aliphatic carbocycles. The van der Waals surface area contributed by atoms with Crippen LogP contribution < -0.4 is 11.3 Å². The van der Waals surface area contributed by atoms with Crippen LogP contribution in [-0.4, -0.2) is 34.8 Å². The van der Waals surface area contributed by atoms with Crippen LogP contribution >= 0.6 is 23.4 Å². The second kappa shape index (κ2) is 8.61. The van der Waals surface area contributed by atoms with Crippen LogP contribution in [0.4, 0.5) is 5.82 Å². The largest absolute Gasteiger partial charge is 0.382 e. The third-order valence-electron chi connectivity index (χ3n) is 4.63. The zero-order valence-electron chi connectivity index (χ0n) is 16.7. The molecule has 0 radical (unpaired) electrons. The number of anilines is 1. The fraction of sp³-hybridized carbons (Fsp3) is 0.350. The Hall–Kier alpha value is -2.65. The molecule has 3 heterocycles. The second-order valence-electron chi connectivity index (χ2n) is 7.44. The number of imidazole rings is 1. The van der Waals surface area contributed by atoms with Gasteiger partial charge in [0.1, 0.15) is 11.8 Å². The molecule has 0 saturated carbocycles. The predicted molar refractivity (Wildman–Crippen MR) is 121 cm³/mol. The van der Waals surface area contributed by atoms with Gasteiger partial charge < -0.3 is 10.3 Å². The first-order chi connectivity index (χ1) is 14.4. The maximum absolute atomic E-state index is 13.0. The Morgan fingerprint density at radius 2 is 2.07 bits per heavy atom. The average Bonchev–Trinajstić information content (AvgIpc) is 3.13. The molecular formula is C20H22ClN7OS. The van der Waals surface area contributed by atoms with Crippen molar-refractivity contribution in [1.82, 2.24) is 29.1 Å². The predicted octanol–water partition coefficient (Wildman–Crippen LogP) is 3.61. The van der Waals surface area contributed by atoms with Gasteiger partial charge in [-0.05, 0) is 30.5 Å². The SMILES string of the molecule is CC(C)Cn1c(SCCCn2cnc3c(N)ncnc32)nc2ccc(Cl)cc2c1=O. The number of rotatable bonds is 7. The summed E-state index contributed by atoms with van der Waals surface area (Å²) in [6, 6.07) is 5.25. The van der Waals surface area contributed by atoms with Gasteiger partial charge in [0.25, 0.3) is 5.56 Å². The summed E-state index contributed by atoms with van der Waals surface area (Å²) in [4.78, 5) is 30.3. The minimum Gasteiger partial charge on any atom is -0.382 e. The van der Waals surface area contributed by atoms with Gasteiger partial charge in [0.15, 0.2) is 16.6 Å². The van der Waals surface area contributed by atoms with Crippen molar-refractivity contribution < 1.29 is 0 Å². The maximum atomic E-state index is 13.0. The third-order valence-corrected chi connectivity index (χ3v) is 5.93. The molecule has 156 valence electrons. The fourth-order valence-electron chi connectivity index (χ4n) is 3.27. The van der Waals surface area contributed by atoms with Crippen molar-refractivity contribution in [3.63, 3.8) is 0 Å². The number of halogens is 1. The van der Waals surface area contributed by atoms with E-state index < -0.39 is 0 Å². The molecule has 30 heavy (non-hydrogen) atoms. The van der Waals surface area contributed by atoms with Gasteiger partial charge in [-0.1, -0.05) is 37.2 Å². The summed E-state index contributed by atoms with van der Waals surface area (Å²) >= 11 is 7.67. The van der Waals surface area contributed by atoms with E-state index in [9.17, 15) is 4.79 Å². The number of hydrogen-bond donors (Lipinski definition) is 1. The fourth-order valence-corrected chi connectivity index (χ4v) is 4.37. The summed E-state index contributed by atoms with van der Waals surface area (Å²) in [5.41, 5.74) is 7.81. The smallest absolute Gasteiger partial charge is 0.262 e. The molecular weight excluding hydrogens is 422 g/mol. The molecule has 0 unspecified atom stereocenters. The number of aryl methyl sites for hydroxylation is 1. The summed E-state index contributed by atoms with van der Waals surface area (Å²) in [5.74, 6) is 1.50. The van der Waals surface area contributed by atoms with E-state index in [1.54, 1.807) is 40.9 Å². The molecule has 0 bridgehead atoms. The maximum Gasteiger partial charge on any atom is 0.262 e. The number of benzene rings is 1. The van der Waals surface area contributed by atoms with Gasteiger partial charge in [0.2, 0.25) is 0 Å². The van der Waals surface area contributed by atoms with Crippen LogP contribution in [0, 0.1) is 5.92 Å². The molecule has 0 amide bonds. The van der Waals surface area contributed by atoms with E-state index in [2.05, 4.69) is 28.8 Å². The normalized spacial score (nSPS) is 11.7. The van der Waals surface area contributed by atoms with E-state index in [0.29, 0.717) is 39.7 Å². The minimum absolute atomic E-state index is 0.0496. The van der Waals surface area contributed by atoms with Crippen LogP contribution in [-0.2, 0) is 13.1 Å². The monoisotopic (exact) mass is 443 g/mol. The molecule has 3 aromatic heterocycles. The topological polar surface area (TPSA) is 105 Å². The first-order valence-corrected chi connectivity index (χ1v) is 11.0. The van der Waals surface area contributed by atoms with Gasteiger partial charge in [-0.3, -0.25) is 9.36 Å². The highest BCUT2D eigenvalue weighted by atomic mass is 35.5. The van der Waals surface area contributed by atoms with Gasteiger partial charge in [0, 0.05) is 23.9 Å². The number of fused-ring (bicyclic) bond motifs is 2. The lowest BCUT2D eigenvalue weighted by molar-refractivity contribution is 0.475. The number of nitrogens with zero attached hydrogens (tertiary/aromatic N) is 6. The van der Waals surface area contributed by atoms with Crippen molar-refractivity contribution in [1.29, 1.82) is 0 Å². The van der Waals surface area contributed by atoms with Gasteiger partial charge in [-0.15, -0.1) is 0 Å². The van der Waals surface area contributed by atoms with E-state index in [0.717, 1.165) is 29.5 Å². The van der Waals surface area contributed by atoms with Crippen LogP contribution in [0.2, 0.25) is 5.02 Å². The standard InChI is InChI=1S/C20H22ClN7OS/c1-12(2)9-28-19(29)14-8-13(21)4-5-15(14)26-20(28)30-7-3-6-27-11-25-16-17(22)23-10-24-18(16)27/h4-5,8,10-12H,3,6-7,9H2,1-2H3,(H2,22,23,24). The molecule has 0 atom stereocenters. The van der Waals surface area contributed by atoms with Crippen molar-refractivity contribution in [2.75, 3.05) is 11.5 Å². The minimum atomic E-state index is -0.0496. The number of nitrogen functional groups attached to an aromatic ring is 1. The Morgan fingerprint density at radius 3 is 2.87 bits per heavy atom. The van der Waals surface area contributed by atoms with Crippen LogP contribution in [0.3, 0.4) is 0 Å². The molecule has 1 aromatic carbocycles. The van der Waals surface area contributed by atoms with Crippen molar-refractivity contribution in [2.45, 2.75) is 38.5 Å². The third kappa shape index (κ3) is 4.13. The summed E-state index contributed by atoms with van der Waals surface area (Å²) in [7, 11) is 0. The quantitative estimate of drug-likeness (QED) is 0.264. The molecule has 8 nitrogen and oxygen atoms in total. The molecule has 0 saturated heterocycles. The van der Waals surface area contributed by atoms with E-state index in [1.807, 2.05) is 4.57 Å². The van der Waals surface area contributed by atoms with Gasteiger partial charge >= 0.3 is 0 Å². The zero-order chi connectivity index (χ0) is 21.3. The number of aromatic nitrogens is 6. The molecule has 0 fully saturated rings. The first kappa shape index (κ1) is 20.6. The molecule has 10 heteroatoms. The molecule has 4 aromatic rings. The van der Waals surface area contributed by atoms with Crippen LogP contribution in [0.25, 0.3) is 22.1 Å². The molecule has 0 aliphatic rings. The summed E-state index contributed by atoms with van der Waals surface area (Å²) in [5, 5.41) is 1.81. The summed E-state index contributed by atoms with van der Waals surface area (Å²) in [6.45, 7) is 5.51. The Kier molecular flexibility index (Phi) is 5.92. The highest BCUT2D eigenvalue weighted by molar-refractivity contribution is 7.99. The first-order valence-electron chi connectivity index (χ1n) is 9.68. The van der Waals surface area contributed by atoms with Crippen molar-refractivity contribution in [2.24, 2.45) is 5.92 Å². The van der Waals surface area contributed by atoms with E-state index in [1.165, 1.54) is 6.33 Å². The highest BCUT2D eigenvalue weighted by Crippen LogP contribution is 2.22. The van der Waals surface area contributed by atoms with E-state index in [4.69, 9.17) is 22.3 Å². The summed E-state index contributed by atoms with van der Waals surface area (Å²) < 4.78 is 3.72. The molecule has 0 spiro atoms. The zero-order valence-corrected chi connectivity index (χ0v) is 18.3.